The number of piperidine rings is 1. The lowest BCUT2D eigenvalue weighted by Gasteiger charge is -2.55. The molecule has 0 radical (unpaired) electrons. The second kappa shape index (κ2) is 5.66. The van der Waals surface area contributed by atoms with Gasteiger partial charge < -0.3 is 5.32 Å². The Morgan fingerprint density at radius 2 is 1.48 bits per heavy atom. The minimum Gasteiger partial charge on any atom is -0.326 e. The highest BCUT2D eigenvalue weighted by Crippen LogP contribution is 2.58. The summed E-state index contributed by atoms with van der Waals surface area (Å²) in [5.74, 6) is -0.508. The van der Waals surface area contributed by atoms with Gasteiger partial charge in [0.1, 0.15) is 0 Å². The summed E-state index contributed by atoms with van der Waals surface area (Å²) < 4.78 is 0.933. The number of carbonyl (C=O) groups is 3. The number of amides is 3. The highest BCUT2D eigenvalue weighted by molar-refractivity contribution is 9.10. The number of hydrogen-bond donors (Lipinski definition) is 1. The molecule has 1 aromatic carbocycles. The fourth-order valence-corrected chi connectivity index (χ4v) is 5.22. The van der Waals surface area contributed by atoms with E-state index in [2.05, 4.69) is 21.2 Å². The highest BCUT2D eigenvalue weighted by Gasteiger charge is 2.62. The van der Waals surface area contributed by atoms with E-state index in [1.807, 2.05) is 45.0 Å². The molecule has 5 nitrogen and oxygen atoms in total. The van der Waals surface area contributed by atoms with Crippen molar-refractivity contribution in [3.63, 3.8) is 0 Å². The fourth-order valence-electron chi connectivity index (χ4n) is 4.95. The second-order valence-electron chi connectivity index (χ2n) is 8.34. The average molecular weight is 407 g/mol. The number of nitrogens with zero attached hydrogens (tertiary/aromatic N) is 1. The SMILES string of the molecule is CN1C(=O)C2(C)CC(C)(C(=O)Nc3ccc(Br)cc3)CC(C)(C2)C1=O. The zero-order chi connectivity index (χ0) is 18.6. The smallest absolute Gasteiger partial charge is 0.234 e. The molecule has 2 unspecified atom stereocenters. The number of imide groups is 1. The van der Waals surface area contributed by atoms with Crippen LogP contribution in [-0.4, -0.2) is 29.7 Å². The number of carbonyl (C=O) groups excluding carboxylic acids is 3. The van der Waals surface area contributed by atoms with Crippen molar-refractivity contribution in [1.82, 2.24) is 4.90 Å². The first-order chi connectivity index (χ1) is 11.5. The predicted octanol–water partition coefficient (Wildman–Crippen LogP) is 3.59. The largest absolute Gasteiger partial charge is 0.326 e. The normalized spacial score (nSPS) is 34.8. The quantitative estimate of drug-likeness (QED) is 0.762. The van der Waals surface area contributed by atoms with E-state index in [0.717, 1.165) is 4.47 Å². The molecule has 2 atom stereocenters. The van der Waals surface area contributed by atoms with Gasteiger partial charge in [0.05, 0.1) is 0 Å². The molecule has 2 bridgehead atoms. The van der Waals surface area contributed by atoms with Gasteiger partial charge in [0, 0.05) is 33.5 Å². The first-order valence-corrected chi connectivity index (χ1v) is 9.18. The van der Waals surface area contributed by atoms with Crippen LogP contribution in [0.3, 0.4) is 0 Å². The van der Waals surface area contributed by atoms with Gasteiger partial charge in [-0.1, -0.05) is 36.7 Å². The minimum absolute atomic E-state index is 0.142. The third-order valence-electron chi connectivity index (χ3n) is 5.63. The lowest BCUT2D eigenvalue weighted by Crippen LogP contribution is -2.63. The van der Waals surface area contributed by atoms with Gasteiger partial charge in [-0.3, -0.25) is 19.3 Å². The van der Waals surface area contributed by atoms with Crippen molar-refractivity contribution >= 4 is 39.3 Å². The monoisotopic (exact) mass is 406 g/mol. The van der Waals surface area contributed by atoms with Crippen LogP contribution in [-0.2, 0) is 14.4 Å². The van der Waals surface area contributed by atoms with Crippen molar-refractivity contribution in [1.29, 1.82) is 0 Å². The molecule has 1 saturated carbocycles. The summed E-state index contributed by atoms with van der Waals surface area (Å²) >= 11 is 3.37. The topological polar surface area (TPSA) is 66.5 Å². The van der Waals surface area contributed by atoms with E-state index in [4.69, 9.17) is 0 Å². The molecule has 25 heavy (non-hydrogen) atoms. The molecule has 3 rings (SSSR count). The van der Waals surface area contributed by atoms with Crippen LogP contribution >= 0.6 is 15.9 Å². The van der Waals surface area contributed by atoms with Crippen LogP contribution < -0.4 is 5.32 Å². The Morgan fingerprint density at radius 1 is 1.00 bits per heavy atom. The molecule has 1 N–H and O–H groups in total. The Morgan fingerprint density at radius 3 is 1.96 bits per heavy atom. The maximum Gasteiger partial charge on any atom is 0.234 e. The van der Waals surface area contributed by atoms with Crippen molar-refractivity contribution in [3.05, 3.63) is 28.7 Å². The summed E-state index contributed by atoms with van der Waals surface area (Å²) in [6.07, 6.45) is 1.38. The first-order valence-electron chi connectivity index (χ1n) is 8.39. The van der Waals surface area contributed by atoms with Crippen LogP contribution in [0.2, 0.25) is 0 Å². The molecule has 2 fully saturated rings. The lowest BCUT2D eigenvalue weighted by molar-refractivity contribution is -0.177. The summed E-state index contributed by atoms with van der Waals surface area (Å²) in [5, 5.41) is 2.95. The van der Waals surface area contributed by atoms with Crippen LogP contribution in [0, 0.1) is 16.2 Å². The number of halogens is 1. The number of anilines is 1. The maximum atomic E-state index is 13.0. The van der Waals surface area contributed by atoms with Crippen molar-refractivity contribution in [2.45, 2.75) is 40.0 Å². The molecular weight excluding hydrogens is 384 g/mol. The van der Waals surface area contributed by atoms with Gasteiger partial charge in [0.2, 0.25) is 17.7 Å². The van der Waals surface area contributed by atoms with Gasteiger partial charge >= 0.3 is 0 Å². The van der Waals surface area contributed by atoms with Gasteiger partial charge in [-0.2, -0.15) is 0 Å². The number of nitrogens with one attached hydrogen (secondary N) is 1. The molecule has 134 valence electrons. The van der Waals surface area contributed by atoms with E-state index in [1.165, 1.54) is 4.90 Å². The molecule has 0 spiro atoms. The molecule has 1 saturated heterocycles. The Hall–Kier alpha value is -1.69. The Balaban J connectivity index is 1.91. The van der Waals surface area contributed by atoms with Crippen molar-refractivity contribution in [2.75, 3.05) is 12.4 Å². The van der Waals surface area contributed by atoms with Gasteiger partial charge in [0.15, 0.2) is 0 Å². The molecule has 2 aliphatic rings. The van der Waals surface area contributed by atoms with Crippen LogP contribution in [0.15, 0.2) is 28.7 Å². The lowest BCUT2D eigenvalue weighted by atomic mass is 9.51. The van der Waals surface area contributed by atoms with Crippen molar-refractivity contribution in [2.24, 2.45) is 16.2 Å². The van der Waals surface area contributed by atoms with E-state index in [-0.39, 0.29) is 17.7 Å². The van der Waals surface area contributed by atoms with Crippen LogP contribution in [0.4, 0.5) is 5.69 Å². The fraction of sp³-hybridized carbons (Fsp3) is 0.526. The minimum atomic E-state index is -0.776. The number of fused-ring (bicyclic) bond motifs is 2. The third kappa shape index (κ3) is 2.90. The molecule has 1 aliphatic carbocycles. The second-order valence-corrected chi connectivity index (χ2v) is 9.26. The summed E-state index contributed by atoms with van der Waals surface area (Å²) in [4.78, 5) is 39.6. The zero-order valence-electron chi connectivity index (χ0n) is 15.0. The standard InChI is InChI=1S/C19H23BrN2O3/c1-17(14(23)21-13-7-5-12(20)6-8-13)9-18(2)11-19(3,10-17)16(25)22(4)15(18)24/h5-8H,9-11H2,1-4H3,(H,21,23). The van der Waals surface area contributed by atoms with Gasteiger partial charge in [-0.15, -0.1) is 0 Å². The van der Waals surface area contributed by atoms with Crippen LogP contribution in [0.5, 0.6) is 0 Å². The van der Waals surface area contributed by atoms with Crippen molar-refractivity contribution in [3.8, 4) is 0 Å². The number of benzene rings is 1. The summed E-state index contributed by atoms with van der Waals surface area (Å²) in [6, 6.07) is 7.36. The Labute approximate surface area is 156 Å². The summed E-state index contributed by atoms with van der Waals surface area (Å²) in [5.41, 5.74) is -1.46. The molecule has 0 aromatic heterocycles. The summed E-state index contributed by atoms with van der Waals surface area (Å²) in [7, 11) is 1.55. The molecule has 3 amide bonds. The molecular formula is C19H23BrN2O3. The summed E-state index contributed by atoms with van der Waals surface area (Å²) in [6.45, 7) is 5.62. The van der Waals surface area contributed by atoms with E-state index < -0.39 is 16.2 Å². The van der Waals surface area contributed by atoms with Gasteiger partial charge in [-0.05, 0) is 43.5 Å². The van der Waals surface area contributed by atoms with Crippen molar-refractivity contribution < 1.29 is 14.4 Å². The van der Waals surface area contributed by atoms with E-state index in [9.17, 15) is 14.4 Å². The van der Waals surface area contributed by atoms with E-state index >= 15 is 0 Å². The zero-order valence-corrected chi connectivity index (χ0v) is 16.6. The van der Waals surface area contributed by atoms with Gasteiger partial charge in [-0.25, -0.2) is 0 Å². The molecule has 1 aromatic rings. The number of hydrogen-bond acceptors (Lipinski definition) is 3. The molecule has 1 aliphatic heterocycles. The highest BCUT2D eigenvalue weighted by atomic mass is 79.9. The maximum absolute atomic E-state index is 13.0. The molecule has 6 heteroatoms. The van der Waals surface area contributed by atoms with Crippen LogP contribution in [0.25, 0.3) is 0 Å². The number of rotatable bonds is 2. The molecule has 1 heterocycles. The van der Waals surface area contributed by atoms with Gasteiger partial charge in [0.25, 0.3) is 0 Å². The van der Waals surface area contributed by atoms with E-state index in [1.54, 1.807) is 7.05 Å². The van der Waals surface area contributed by atoms with Crippen LogP contribution in [0.1, 0.15) is 40.0 Å². The predicted molar refractivity (Wildman–Crippen MR) is 98.7 cm³/mol. The number of likely N-dealkylation sites (tertiary alicyclic amines) is 1. The Kier molecular flexibility index (Phi) is 4.10. The Bertz CT molecular complexity index is 730. The third-order valence-corrected chi connectivity index (χ3v) is 6.16. The van der Waals surface area contributed by atoms with E-state index in [0.29, 0.717) is 24.9 Å². The first kappa shape index (κ1) is 18.1. The average Bonchev–Trinajstić information content (AvgIpc) is 2.52.